The van der Waals surface area contributed by atoms with Gasteiger partial charge in [0.15, 0.2) is 15.0 Å². The van der Waals surface area contributed by atoms with E-state index in [1.165, 1.54) is 11.8 Å². The summed E-state index contributed by atoms with van der Waals surface area (Å²) >= 11 is 1.38. The third-order valence-corrected chi connectivity index (χ3v) is 8.55. The Bertz CT molecular complexity index is 896. The summed E-state index contributed by atoms with van der Waals surface area (Å²) in [4.78, 5) is 18.8. The monoisotopic (exact) mass is 438 g/mol. The molecule has 0 bridgehead atoms. The highest BCUT2D eigenvalue weighted by atomic mass is 32.2. The van der Waals surface area contributed by atoms with Crippen LogP contribution in [0.5, 0.6) is 5.75 Å². The second-order valence-electron chi connectivity index (χ2n) is 7.60. The summed E-state index contributed by atoms with van der Waals surface area (Å²) in [5.74, 6) is 0.625. The molecule has 9 heteroatoms. The molecule has 0 N–H and O–H groups in total. The van der Waals surface area contributed by atoms with Crippen LogP contribution in [0.4, 0.5) is 5.69 Å². The first-order chi connectivity index (χ1) is 14.0. The van der Waals surface area contributed by atoms with Crippen molar-refractivity contribution < 1.29 is 22.7 Å². The normalized spacial score (nSPS) is 29.3. The van der Waals surface area contributed by atoms with Gasteiger partial charge in [-0.2, -0.15) is 4.99 Å². The molecule has 0 saturated carbocycles. The quantitative estimate of drug-likeness (QED) is 0.631. The number of carbonyl (C=O) groups is 1. The smallest absolute Gasteiger partial charge is 0.277 e. The third kappa shape index (κ3) is 4.62. The minimum atomic E-state index is -3.10. The van der Waals surface area contributed by atoms with Gasteiger partial charge in [0, 0.05) is 23.6 Å². The molecule has 3 saturated heterocycles. The Morgan fingerprint density at radius 1 is 1.38 bits per heavy atom. The summed E-state index contributed by atoms with van der Waals surface area (Å²) in [6.07, 6.45) is 3.07. The van der Waals surface area contributed by atoms with Gasteiger partial charge in [-0.05, 0) is 31.4 Å². The topological polar surface area (TPSA) is 85.3 Å². The lowest BCUT2D eigenvalue weighted by molar-refractivity contribution is -0.126. The first kappa shape index (κ1) is 20.7. The molecule has 4 rings (SSSR count). The van der Waals surface area contributed by atoms with Gasteiger partial charge in [0.1, 0.15) is 11.9 Å². The summed E-state index contributed by atoms with van der Waals surface area (Å²) in [7, 11) is -3.10. The van der Waals surface area contributed by atoms with Crippen molar-refractivity contribution in [1.29, 1.82) is 0 Å². The fourth-order valence-electron chi connectivity index (χ4n) is 3.86. The van der Waals surface area contributed by atoms with E-state index in [0.717, 1.165) is 30.7 Å². The van der Waals surface area contributed by atoms with Crippen molar-refractivity contribution in [2.75, 3.05) is 29.6 Å². The third-order valence-electron chi connectivity index (χ3n) is 5.34. The molecule has 3 atom stereocenters. The molecule has 3 fully saturated rings. The van der Waals surface area contributed by atoms with E-state index in [9.17, 15) is 13.2 Å². The van der Waals surface area contributed by atoms with Gasteiger partial charge in [-0.15, -0.1) is 0 Å². The van der Waals surface area contributed by atoms with Crippen LogP contribution in [-0.2, 0) is 19.4 Å². The molecule has 158 valence electrons. The second kappa shape index (κ2) is 8.65. The highest BCUT2D eigenvalue weighted by Crippen LogP contribution is 2.41. The van der Waals surface area contributed by atoms with Gasteiger partial charge in [0.2, 0.25) is 0 Å². The lowest BCUT2D eigenvalue weighted by Crippen LogP contribution is -2.38. The van der Waals surface area contributed by atoms with Crippen molar-refractivity contribution in [3.63, 3.8) is 0 Å². The number of thioether (sulfide) groups is 1. The average molecular weight is 439 g/mol. The highest BCUT2D eigenvalue weighted by molar-refractivity contribution is 8.16. The Balaban J connectivity index is 1.62. The first-order valence-electron chi connectivity index (χ1n) is 10.1. The molecule has 7 nitrogen and oxygen atoms in total. The van der Waals surface area contributed by atoms with E-state index in [1.54, 1.807) is 0 Å². The Morgan fingerprint density at radius 3 is 3.00 bits per heavy atom. The molecular formula is C20H26N2O5S2. The minimum absolute atomic E-state index is 0.0682. The average Bonchev–Trinajstić information content (AvgIpc) is 3.37. The van der Waals surface area contributed by atoms with Gasteiger partial charge < -0.3 is 14.4 Å². The minimum Gasteiger partial charge on any atom is -0.494 e. The number of amides is 1. The van der Waals surface area contributed by atoms with E-state index in [4.69, 9.17) is 9.47 Å². The number of ether oxygens (including phenoxy) is 2. The summed E-state index contributed by atoms with van der Waals surface area (Å²) in [6, 6.07) is 7.35. The van der Waals surface area contributed by atoms with Crippen LogP contribution in [0.2, 0.25) is 0 Å². The first-order valence-corrected chi connectivity index (χ1v) is 12.8. The van der Waals surface area contributed by atoms with Gasteiger partial charge in [0.05, 0.1) is 24.2 Å². The van der Waals surface area contributed by atoms with Crippen LogP contribution in [-0.4, -0.2) is 61.6 Å². The van der Waals surface area contributed by atoms with E-state index in [2.05, 4.69) is 11.9 Å². The van der Waals surface area contributed by atoms with Crippen LogP contribution in [0.15, 0.2) is 29.3 Å². The summed E-state index contributed by atoms with van der Waals surface area (Å²) in [6.45, 7) is 3.32. The van der Waals surface area contributed by atoms with Gasteiger partial charge in [-0.3, -0.25) is 4.79 Å². The van der Waals surface area contributed by atoms with E-state index >= 15 is 0 Å². The van der Waals surface area contributed by atoms with Crippen molar-refractivity contribution in [3.05, 3.63) is 24.3 Å². The van der Waals surface area contributed by atoms with Crippen molar-refractivity contribution in [3.8, 4) is 5.75 Å². The Hall–Kier alpha value is -1.58. The van der Waals surface area contributed by atoms with Crippen LogP contribution in [0.25, 0.3) is 0 Å². The number of aliphatic imine (C=N–C) groups is 1. The molecule has 1 aromatic carbocycles. The van der Waals surface area contributed by atoms with Crippen LogP contribution in [0, 0.1) is 0 Å². The van der Waals surface area contributed by atoms with Gasteiger partial charge in [0.25, 0.3) is 5.91 Å². The van der Waals surface area contributed by atoms with E-state index < -0.39 is 15.9 Å². The number of rotatable bonds is 6. The molecule has 3 aliphatic rings. The zero-order valence-electron chi connectivity index (χ0n) is 16.5. The fraction of sp³-hybridized carbons (Fsp3) is 0.600. The molecular weight excluding hydrogens is 412 g/mol. The largest absolute Gasteiger partial charge is 0.494 e. The maximum Gasteiger partial charge on any atom is 0.277 e. The predicted molar refractivity (Wildman–Crippen MR) is 115 cm³/mol. The molecule has 3 heterocycles. The maximum atomic E-state index is 12.6. The zero-order chi connectivity index (χ0) is 20.4. The number of unbranched alkanes of at least 4 members (excludes halogenated alkanes) is 1. The number of anilines is 1. The Kier molecular flexibility index (Phi) is 6.17. The van der Waals surface area contributed by atoms with Crippen molar-refractivity contribution >= 4 is 38.4 Å². The number of amidine groups is 1. The number of hydrogen-bond acceptors (Lipinski definition) is 6. The maximum absolute atomic E-state index is 12.6. The molecule has 0 spiro atoms. The van der Waals surface area contributed by atoms with Crippen LogP contribution >= 0.6 is 11.8 Å². The number of benzene rings is 1. The fourth-order valence-corrected chi connectivity index (χ4v) is 7.78. The molecule has 1 amide bonds. The van der Waals surface area contributed by atoms with Gasteiger partial charge in [-0.25, -0.2) is 8.42 Å². The van der Waals surface area contributed by atoms with Crippen molar-refractivity contribution in [1.82, 2.24) is 0 Å². The number of hydrogen-bond donors (Lipinski definition) is 0. The van der Waals surface area contributed by atoms with E-state index in [0.29, 0.717) is 24.8 Å². The summed E-state index contributed by atoms with van der Waals surface area (Å²) in [5, 5.41) is 0.432. The Labute approximate surface area is 175 Å². The lowest BCUT2D eigenvalue weighted by atomic mass is 10.2. The predicted octanol–water partition coefficient (Wildman–Crippen LogP) is 2.65. The van der Waals surface area contributed by atoms with Gasteiger partial charge >= 0.3 is 0 Å². The second-order valence-corrected chi connectivity index (χ2v) is 11.0. The summed E-state index contributed by atoms with van der Waals surface area (Å²) in [5.41, 5.74) is 0.801. The molecule has 0 aromatic heterocycles. The molecule has 0 radical (unpaired) electrons. The van der Waals surface area contributed by atoms with Crippen molar-refractivity contribution in [2.24, 2.45) is 4.99 Å². The zero-order valence-corrected chi connectivity index (χ0v) is 18.1. The van der Waals surface area contributed by atoms with Gasteiger partial charge in [-0.1, -0.05) is 31.2 Å². The SMILES string of the molecule is CCCCOc1cccc(N2C(=NC(=O)[C@@H]3CCCO3)S[C@@H]3CS(=O)(=O)C[C@@H]32)c1. The molecule has 1 aromatic rings. The highest BCUT2D eigenvalue weighted by Gasteiger charge is 2.49. The molecule has 0 aliphatic carbocycles. The Morgan fingerprint density at radius 2 is 2.24 bits per heavy atom. The van der Waals surface area contributed by atoms with Crippen molar-refractivity contribution in [2.45, 2.75) is 50.0 Å². The van der Waals surface area contributed by atoms with Crippen LogP contribution in [0.3, 0.4) is 0 Å². The number of nitrogens with zero attached hydrogens (tertiary/aromatic N) is 2. The standard InChI is InChI=1S/C20H26N2O5S2/c1-2-3-9-26-15-7-4-6-14(11-15)22-16-12-29(24,25)13-18(16)28-20(22)21-19(23)17-8-5-10-27-17/h4,6-7,11,16-18H,2-3,5,8-10,12-13H2,1H3/t16-,17-,18+/m0/s1. The number of sulfone groups is 1. The summed E-state index contributed by atoms with van der Waals surface area (Å²) < 4.78 is 35.7. The van der Waals surface area contributed by atoms with E-state index in [-0.39, 0.29) is 28.7 Å². The number of carbonyl (C=O) groups excluding carboxylic acids is 1. The number of fused-ring (bicyclic) bond motifs is 1. The molecule has 3 aliphatic heterocycles. The molecule has 0 unspecified atom stereocenters. The molecule has 29 heavy (non-hydrogen) atoms. The van der Waals surface area contributed by atoms with Crippen LogP contribution < -0.4 is 9.64 Å². The van der Waals surface area contributed by atoms with Crippen LogP contribution in [0.1, 0.15) is 32.6 Å². The lowest BCUT2D eigenvalue weighted by Gasteiger charge is -2.25. The van der Waals surface area contributed by atoms with E-state index in [1.807, 2.05) is 29.2 Å².